The molecule has 1 amide bonds. The third kappa shape index (κ3) is 6.29. The van der Waals surface area contributed by atoms with Crippen LogP contribution in [-0.2, 0) is 9.59 Å². The maximum atomic E-state index is 11.7. The van der Waals surface area contributed by atoms with Crippen molar-refractivity contribution in [3.63, 3.8) is 0 Å². The van der Waals surface area contributed by atoms with Gasteiger partial charge in [0.25, 0.3) is 0 Å². The van der Waals surface area contributed by atoms with E-state index in [-0.39, 0.29) is 18.2 Å². The molecule has 2 N–H and O–H groups in total. The number of benzene rings is 1. The second-order valence-corrected chi connectivity index (χ2v) is 5.40. The van der Waals surface area contributed by atoms with Crippen LogP contribution in [0.25, 0.3) is 0 Å². The normalized spacial score (nSPS) is 12.0. The first-order chi connectivity index (χ1) is 9.90. The molecule has 0 saturated carbocycles. The number of rotatable bonds is 8. The lowest BCUT2D eigenvalue weighted by atomic mass is 10.0. The van der Waals surface area contributed by atoms with Crippen LogP contribution in [0.2, 0.25) is 0 Å². The molecule has 0 spiro atoms. The number of carbonyl (C=O) groups is 2. The highest BCUT2D eigenvalue weighted by molar-refractivity contribution is 5.83. The van der Waals surface area contributed by atoms with Gasteiger partial charge in [0.05, 0.1) is 6.61 Å². The minimum Gasteiger partial charge on any atom is -0.494 e. The topological polar surface area (TPSA) is 75.6 Å². The molecule has 0 aromatic heterocycles. The second-order valence-electron chi connectivity index (χ2n) is 5.40. The molecule has 1 unspecified atom stereocenters. The van der Waals surface area contributed by atoms with Crippen molar-refractivity contribution in [2.75, 3.05) is 6.61 Å². The number of carboxylic acids is 1. The van der Waals surface area contributed by atoms with E-state index >= 15 is 0 Å². The van der Waals surface area contributed by atoms with Crippen molar-refractivity contribution < 1.29 is 19.4 Å². The molecule has 116 valence electrons. The van der Waals surface area contributed by atoms with E-state index in [2.05, 4.69) is 5.32 Å². The highest BCUT2D eigenvalue weighted by Gasteiger charge is 2.22. The molecular weight excluding hydrogens is 270 g/mol. The Bertz CT molecular complexity index is 485. The van der Waals surface area contributed by atoms with Crippen LogP contribution in [0.15, 0.2) is 24.3 Å². The van der Waals surface area contributed by atoms with Gasteiger partial charge in [-0.3, -0.25) is 4.79 Å². The van der Waals surface area contributed by atoms with Crippen LogP contribution in [0.1, 0.15) is 32.3 Å². The van der Waals surface area contributed by atoms with Gasteiger partial charge in [0.15, 0.2) is 0 Å². The molecule has 5 nitrogen and oxygen atoms in total. The molecule has 1 aromatic rings. The number of carboxylic acid groups (broad SMARTS) is 1. The molecule has 0 saturated heterocycles. The number of nitrogens with one attached hydrogen (secondary N) is 1. The SMILES string of the molecule is Cc1cccc(OCCCC(=O)NC(C(=O)O)C(C)C)c1. The van der Waals surface area contributed by atoms with Gasteiger partial charge in [0.1, 0.15) is 11.8 Å². The summed E-state index contributed by atoms with van der Waals surface area (Å²) < 4.78 is 5.54. The molecule has 0 aliphatic carbocycles. The Morgan fingerprint density at radius 3 is 2.62 bits per heavy atom. The minimum absolute atomic E-state index is 0.144. The van der Waals surface area contributed by atoms with Crippen LogP contribution < -0.4 is 10.1 Å². The predicted molar refractivity (Wildman–Crippen MR) is 80.3 cm³/mol. The summed E-state index contributed by atoms with van der Waals surface area (Å²) in [5, 5.41) is 11.5. The van der Waals surface area contributed by atoms with Crippen molar-refractivity contribution in [1.82, 2.24) is 5.32 Å². The maximum Gasteiger partial charge on any atom is 0.326 e. The van der Waals surface area contributed by atoms with E-state index in [1.165, 1.54) is 0 Å². The van der Waals surface area contributed by atoms with E-state index in [0.717, 1.165) is 11.3 Å². The maximum absolute atomic E-state index is 11.7. The molecule has 0 bridgehead atoms. The molecule has 0 radical (unpaired) electrons. The molecule has 0 aliphatic rings. The summed E-state index contributed by atoms with van der Waals surface area (Å²) in [6.07, 6.45) is 0.798. The van der Waals surface area contributed by atoms with Gasteiger partial charge in [-0.15, -0.1) is 0 Å². The quantitative estimate of drug-likeness (QED) is 0.722. The van der Waals surface area contributed by atoms with Gasteiger partial charge < -0.3 is 15.2 Å². The van der Waals surface area contributed by atoms with Crippen molar-refractivity contribution >= 4 is 11.9 Å². The lowest BCUT2D eigenvalue weighted by Crippen LogP contribution is -2.44. The van der Waals surface area contributed by atoms with Gasteiger partial charge in [-0.1, -0.05) is 26.0 Å². The average Bonchev–Trinajstić information content (AvgIpc) is 2.40. The van der Waals surface area contributed by atoms with Crippen molar-refractivity contribution in [3.8, 4) is 5.75 Å². The van der Waals surface area contributed by atoms with Gasteiger partial charge in [0.2, 0.25) is 5.91 Å². The molecule has 21 heavy (non-hydrogen) atoms. The third-order valence-electron chi connectivity index (χ3n) is 3.06. The zero-order chi connectivity index (χ0) is 15.8. The van der Waals surface area contributed by atoms with Crippen LogP contribution in [0, 0.1) is 12.8 Å². The van der Waals surface area contributed by atoms with Crippen molar-refractivity contribution in [3.05, 3.63) is 29.8 Å². The molecular formula is C16H23NO4. The third-order valence-corrected chi connectivity index (χ3v) is 3.06. The average molecular weight is 293 g/mol. The number of ether oxygens (including phenoxy) is 1. The fraction of sp³-hybridized carbons (Fsp3) is 0.500. The van der Waals surface area contributed by atoms with Crippen LogP contribution in [0.4, 0.5) is 0 Å². The number of aryl methyl sites for hydroxylation is 1. The summed E-state index contributed by atoms with van der Waals surface area (Å²) in [6, 6.07) is 6.86. The predicted octanol–water partition coefficient (Wildman–Crippen LogP) is 2.38. The van der Waals surface area contributed by atoms with Crippen LogP contribution >= 0.6 is 0 Å². The van der Waals surface area contributed by atoms with E-state index in [9.17, 15) is 9.59 Å². The summed E-state index contributed by atoms with van der Waals surface area (Å²) in [5.41, 5.74) is 1.12. The summed E-state index contributed by atoms with van der Waals surface area (Å²) >= 11 is 0. The van der Waals surface area contributed by atoms with Gasteiger partial charge in [-0.2, -0.15) is 0 Å². The fourth-order valence-corrected chi connectivity index (χ4v) is 1.89. The molecule has 5 heteroatoms. The van der Waals surface area contributed by atoms with Gasteiger partial charge in [0, 0.05) is 6.42 Å². The number of amides is 1. The zero-order valence-electron chi connectivity index (χ0n) is 12.8. The highest BCUT2D eigenvalue weighted by Crippen LogP contribution is 2.12. The number of aliphatic carboxylic acids is 1. The van der Waals surface area contributed by atoms with Crippen LogP contribution in [0.3, 0.4) is 0 Å². The molecule has 0 fully saturated rings. The molecule has 1 atom stereocenters. The Morgan fingerprint density at radius 2 is 2.05 bits per heavy atom. The first-order valence-electron chi connectivity index (χ1n) is 7.11. The first-order valence-corrected chi connectivity index (χ1v) is 7.11. The molecule has 0 aliphatic heterocycles. The zero-order valence-corrected chi connectivity index (χ0v) is 12.8. The molecule has 0 heterocycles. The molecule has 1 aromatic carbocycles. The minimum atomic E-state index is -1.01. The second kappa shape index (κ2) is 8.29. The van der Waals surface area contributed by atoms with E-state index < -0.39 is 12.0 Å². The Morgan fingerprint density at radius 1 is 1.33 bits per heavy atom. The van der Waals surface area contributed by atoms with Gasteiger partial charge in [-0.05, 0) is 37.0 Å². The van der Waals surface area contributed by atoms with Crippen molar-refractivity contribution in [2.45, 2.75) is 39.7 Å². The van der Waals surface area contributed by atoms with E-state index in [1.807, 2.05) is 31.2 Å². The lowest BCUT2D eigenvalue weighted by Gasteiger charge is -2.17. The highest BCUT2D eigenvalue weighted by atomic mass is 16.5. The smallest absolute Gasteiger partial charge is 0.326 e. The van der Waals surface area contributed by atoms with E-state index in [0.29, 0.717) is 13.0 Å². The monoisotopic (exact) mass is 293 g/mol. The fourth-order valence-electron chi connectivity index (χ4n) is 1.89. The number of hydrogen-bond donors (Lipinski definition) is 2. The summed E-state index contributed by atoms with van der Waals surface area (Å²) in [5.74, 6) is -0.630. The molecule has 1 rings (SSSR count). The Hall–Kier alpha value is -2.04. The Kier molecular flexibility index (Phi) is 6.72. The first kappa shape index (κ1) is 17.0. The largest absolute Gasteiger partial charge is 0.494 e. The summed E-state index contributed by atoms with van der Waals surface area (Å²) in [4.78, 5) is 22.7. The Labute approximate surface area is 125 Å². The van der Waals surface area contributed by atoms with E-state index in [4.69, 9.17) is 9.84 Å². The van der Waals surface area contributed by atoms with Crippen molar-refractivity contribution in [2.24, 2.45) is 5.92 Å². The van der Waals surface area contributed by atoms with Crippen LogP contribution in [0.5, 0.6) is 5.75 Å². The lowest BCUT2D eigenvalue weighted by molar-refractivity contribution is -0.143. The van der Waals surface area contributed by atoms with Gasteiger partial charge >= 0.3 is 5.97 Å². The summed E-state index contributed by atoms with van der Waals surface area (Å²) in [6.45, 7) is 5.94. The number of hydrogen-bond acceptors (Lipinski definition) is 3. The number of carbonyl (C=O) groups excluding carboxylic acids is 1. The van der Waals surface area contributed by atoms with E-state index in [1.54, 1.807) is 13.8 Å². The Balaban J connectivity index is 2.29. The summed E-state index contributed by atoms with van der Waals surface area (Å²) in [7, 11) is 0. The van der Waals surface area contributed by atoms with Crippen molar-refractivity contribution in [1.29, 1.82) is 0 Å². The van der Waals surface area contributed by atoms with Crippen LogP contribution in [-0.4, -0.2) is 29.6 Å². The standard InChI is InChI=1S/C16H23NO4/c1-11(2)15(16(19)20)17-14(18)8-5-9-21-13-7-4-6-12(3)10-13/h4,6-7,10-11,15H,5,8-9H2,1-3H3,(H,17,18)(H,19,20). The van der Waals surface area contributed by atoms with Gasteiger partial charge in [-0.25, -0.2) is 4.79 Å².